The average molecular weight is 659 g/mol. The molecule has 1 aliphatic rings. The van der Waals surface area contributed by atoms with Crippen molar-refractivity contribution in [3.8, 4) is 11.1 Å². The summed E-state index contributed by atoms with van der Waals surface area (Å²) in [6.45, 7) is 3.34. The summed E-state index contributed by atoms with van der Waals surface area (Å²) < 4.78 is 33.1. The topological polar surface area (TPSA) is 112 Å². The first-order valence-electron chi connectivity index (χ1n) is 12.6. The number of fused-ring (bicyclic) bond motifs is 1. The maximum Gasteiger partial charge on any atom is 0.341 e. The number of methoxy groups -OCH3 is 2. The Bertz CT molecular complexity index is 1760. The van der Waals surface area contributed by atoms with E-state index in [4.69, 9.17) is 13.9 Å². The van der Waals surface area contributed by atoms with E-state index in [9.17, 15) is 18.8 Å². The van der Waals surface area contributed by atoms with E-state index in [-0.39, 0.29) is 39.5 Å². The van der Waals surface area contributed by atoms with E-state index in [1.165, 1.54) is 27.2 Å². The van der Waals surface area contributed by atoms with Crippen molar-refractivity contribution in [2.75, 3.05) is 24.9 Å². The fourth-order valence-electron chi connectivity index (χ4n) is 4.82. The highest BCUT2D eigenvalue weighted by Crippen LogP contribution is 2.41. The van der Waals surface area contributed by atoms with Gasteiger partial charge in [-0.1, -0.05) is 12.1 Å². The highest BCUT2D eigenvalue weighted by Gasteiger charge is 2.31. The normalized spacial score (nSPS) is 13.2. The lowest BCUT2D eigenvalue weighted by Gasteiger charge is -2.20. The molecular weight excluding hydrogens is 632 g/mol. The van der Waals surface area contributed by atoms with E-state index >= 15 is 0 Å². The number of hydrogen-bond donors (Lipinski definition) is 2. The van der Waals surface area contributed by atoms with Crippen LogP contribution in [0.25, 0.3) is 22.1 Å². The molecule has 0 radical (unpaired) electrons. The molecule has 0 unspecified atom stereocenters. The number of hydrogen-bond acceptors (Lipinski definition) is 7. The molecule has 0 atom stereocenters. The van der Waals surface area contributed by atoms with Crippen molar-refractivity contribution in [3.05, 3.63) is 83.9 Å². The Labute approximate surface area is 242 Å². The lowest BCUT2D eigenvalue weighted by Crippen LogP contribution is -2.31. The first-order valence-corrected chi connectivity index (χ1v) is 13.6. The maximum absolute atomic E-state index is 14.8. The van der Waals surface area contributed by atoms with Crippen LogP contribution in [-0.2, 0) is 14.3 Å². The van der Waals surface area contributed by atoms with Gasteiger partial charge >= 0.3 is 5.63 Å². The number of halogens is 2. The highest BCUT2D eigenvalue weighted by molar-refractivity contribution is 14.1. The molecule has 2 N–H and O–H groups in total. The van der Waals surface area contributed by atoms with Crippen molar-refractivity contribution < 1.29 is 23.1 Å². The van der Waals surface area contributed by atoms with Crippen LogP contribution in [0.15, 0.2) is 56.5 Å². The van der Waals surface area contributed by atoms with Crippen LogP contribution in [0, 0.1) is 23.2 Å². The molecule has 9 nitrogen and oxygen atoms in total. The Balaban J connectivity index is 1.75. The number of carbonyl (C=O) groups excluding carboxylic acids is 1. The van der Waals surface area contributed by atoms with E-state index < -0.39 is 23.6 Å². The van der Waals surface area contributed by atoms with Crippen molar-refractivity contribution in [1.29, 1.82) is 0 Å². The molecule has 0 aliphatic heterocycles. The van der Waals surface area contributed by atoms with Gasteiger partial charge in [0.05, 0.1) is 16.9 Å². The van der Waals surface area contributed by atoms with Gasteiger partial charge < -0.3 is 29.1 Å². The van der Waals surface area contributed by atoms with Crippen LogP contribution < -0.4 is 21.8 Å². The zero-order valence-electron chi connectivity index (χ0n) is 22.3. The third kappa shape index (κ3) is 5.16. The quantitative estimate of drug-likeness (QED) is 0.187. The summed E-state index contributed by atoms with van der Waals surface area (Å²) in [5, 5.41) is 5.91. The molecule has 2 heterocycles. The van der Waals surface area contributed by atoms with Crippen molar-refractivity contribution in [2.45, 2.75) is 39.0 Å². The second-order valence-corrected chi connectivity index (χ2v) is 10.8. The van der Waals surface area contributed by atoms with Gasteiger partial charge in [-0.3, -0.25) is 9.59 Å². The van der Waals surface area contributed by atoms with Gasteiger partial charge in [0, 0.05) is 40.8 Å². The fourth-order valence-corrected chi connectivity index (χ4v) is 5.27. The first-order chi connectivity index (χ1) is 19.1. The summed E-state index contributed by atoms with van der Waals surface area (Å²) in [5.41, 5.74) is 1.79. The minimum Gasteiger partial charge on any atom is -0.421 e. The third-order valence-electron chi connectivity index (χ3n) is 6.90. The van der Waals surface area contributed by atoms with Gasteiger partial charge in [0.25, 0.3) is 11.5 Å². The van der Waals surface area contributed by atoms with Gasteiger partial charge in [-0.05, 0) is 85.2 Å². The molecule has 2 aromatic carbocycles. The monoisotopic (exact) mass is 659 g/mol. The third-order valence-corrected chi connectivity index (χ3v) is 7.57. The van der Waals surface area contributed by atoms with Crippen molar-refractivity contribution in [2.24, 2.45) is 0 Å². The van der Waals surface area contributed by atoms with Crippen molar-refractivity contribution in [1.82, 2.24) is 4.57 Å². The van der Waals surface area contributed by atoms with Gasteiger partial charge in [0.1, 0.15) is 11.2 Å². The molecule has 0 saturated heterocycles. The Kier molecular flexibility index (Phi) is 7.80. The Morgan fingerprint density at radius 2 is 1.85 bits per heavy atom. The first kappa shape index (κ1) is 28.0. The smallest absolute Gasteiger partial charge is 0.341 e. The number of amides is 1. The van der Waals surface area contributed by atoms with E-state index in [2.05, 4.69) is 10.6 Å². The van der Waals surface area contributed by atoms with E-state index in [1.807, 2.05) is 22.6 Å². The number of nitrogens with zero attached hydrogens (tertiary/aromatic N) is 1. The molecule has 5 rings (SSSR count). The summed E-state index contributed by atoms with van der Waals surface area (Å²) in [5.74, 6) is -1.02. The Morgan fingerprint density at radius 1 is 1.12 bits per heavy atom. The molecule has 1 aliphatic carbocycles. The molecule has 2 aromatic heterocycles. The van der Waals surface area contributed by atoms with Crippen LogP contribution in [0.5, 0.6) is 0 Å². The highest BCUT2D eigenvalue weighted by atomic mass is 127. The number of rotatable bonds is 8. The van der Waals surface area contributed by atoms with E-state index in [1.54, 1.807) is 47.9 Å². The molecule has 4 aromatic rings. The van der Waals surface area contributed by atoms with Gasteiger partial charge in [-0.2, -0.15) is 0 Å². The molecule has 1 amide bonds. The molecule has 1 fully saturated rings. The summed E-state index contributed by atoms with van der Waals surface area (Å²) in [4.78, 5) is 39.6. The van der Waals surface area contributed by atoms with Crippen LogP contribution in [-0.4, -0.2) is 31.0 Å². The number of ether oxygens (including phenoxy) is 2. The largest absolute Gasteiger partial charge is 0.421 e. The van der Waals surface area contributed by atoms with Crippen LogP contribution in [0.1, 0.15) is 30.1 Å². The van der Waals surface area contributed by atoms with E-state index in [0.717, 1.165) is 12.8 Å². The van der Waals surface area contributed by atoms with Gasteiger partial charge in [0.2, 0.25) is 6.29 Å². The molecule has 40 heavy (non-hydrogen) atoms. The molecule has 208 valence electrons. The number of nitrogens with one attached hydrogen (secondary N) is 2. The Hall–Kier alpha value is -3.55. The second kappa shape index (κ2) is 11.1. The minimum atomic E-state index is -1.10. The standard InChI is InChI=1S/C29H27FIN3O6/c1-14-24(33-21-11-8-17(31)13-20(21)30)23-25(40-28(14)37)22(15(2)34(27(23)36)19-9-10-19)16-6-5-7-18(12-16)32-26(35)29(38-3)39-4/h5-8,11-13,19,29,33H,9-10H2,1-4H3,(H,32,35). The molecule has 1 saturated carbocycles. The summed E-state index contributed by atoms with van der Waals surface area (Å²) >= 11 is 2.01. The fraction of sp³-hybridized carbons (Fsp3) is 0.276. The molecule has 11 heteroatoms. The summed E-state index contributed by atoms with van der Waals surface area (Å²) in [6.07, 6.45) is 0.572. The number of benzene rings is 2. The predicted octanol–water partition coefficient (Wildman–Crippen LogP) is 5.62. The number of carbonyl (C=O) groups is 1. The second-order valence-electron chi connectivity index (χ2n) is 9.58. The van der Waals surface area contributed by atoms with Gasteiger partial charge in [0.15, 0.2) is 5.58 Å². The zero-order chi connectivity index (χ0) is 28.7. The van der Waals surface area contributed by atoms with Crippen LogP contribution in [0.4, 0.5) is 21.5 Å². The zero-order valence-corrected chi connectivity index (χ0v) is 24.4. The lowest BCUT2D eigenvalue weighted by atomic mass is 9.99. The average Bonchev–Trinajstić information content (AvgIpc) is 3.74. The van der Waals surface area contributed by atoms with Crippen LogP contribution in [0.2, 0.25) is 0 Å². The van der Waals surface area contributed by atoms with Crippen molar-refractivity contribution in [3.63, 3.8) is 0 Å². The van der Waals surface area contributed by atoms with Crippen molar-refractivity contribution >= 4 is 56.5 Å². The number of anilines is 3. The summed E-state index contributed by atoms with van der Waals surface area (Å²) in [6, 6.07) is 11.6. The van der Waals surface area contributed by atoms with Crippen LogP contribution in [0.3, 0.4) is 0 Å². The van der Waals surface area contributed by atoms with Gasteiger partial charge in [-0.25, -0.2) is 9.18 Å². The summed E-state index contributed by atoms with van der Waals surface area (Å²) in [7, 11) is 2.72. The molecule has 0 spiro atoms. The Morgan fingerprint density at radius 3 is 2.50 bits per heavy atom. The maximum atomic E-state index is 14.8. The molecular formula is C29H27FIN3O6. The SMILES string of the molecule is COC(OC)C(=O)Nc1cccc(-c2c(C)n(C3CC3)c(=O)c3c(Nc4ccc(I)cc4F)c(C)c(=O)oc23)c1. The van der Waals surface area contributed by atoms with Crippen LogP contribution >= 0.6 is 22.6 Å². The lowest BCUT2D eigenvalue weighted by molar-refractivity contribution is -0.153. The van der Waals surface area contributed by atoms with E-state index in [0.29, 0.717) is 26.1 Å². The van der Waals surface area contributed by atoms with Gasteiger partial charge in [-0.15, -0.1) is 0 Å². The molecule has 0 bridgehead atoms. The minimum absolute atomic E-state index is 0.00202. The number of pyridine rings is 1. The predicted molar refractivity (Wildman–Crippen MR) is 159 cm³/mol. The number of aromatic nitrogens is 1.